The minimum atomic E-state index is -5.08. The quantitative estimate of drug-likeness (QED) is 0.545. The van der Waals surface area contributed by atoms with Gasteiger partial charge in [0.1, 0.15) is 12.6 Å². The van der Waals surface area contributed by atoms with Crippen molar-refractivity contribution in [1.82, 2.24) is 4.90 Å². The molecule has 33 heavy (non-hydrogen) atoms. The van der Waals surface area contributed by atoms with Crippen LogP contribution in [0.3, 0.4) is 0 Å². The van der Waals surface area contributed by atoms with E-state index in [0.717, 1.165) is 17.0 Å². The molecular weight excluding hydrogens is 472 g/mol. The number of halogens is 8. The van der Waals surface area contributed by atoms with Crippen LogP contribution in [0.4, 0.5) is 46.5 Å². The van der Waals surface area contributed by atoms with Crippen molar-refractivity contribution in [3.05, 3.63) is 23.8 Å². The minimum absolute atomic E-state index is 0.0581. The predicted octanol–water partition coefficient (Wildman–Crippen LogP) is 2.68. The molecule has 1 aliphatic rings. The fourth-order valence-corrected chi connectivity index (χ4v) is 3.18. The number of benzene rings is 1. The molecule has 7 nitrogen and oxygen atoms in total. The standard InChI is InChI=1S/C18H20F8N4O3/c19-15(20)11-5-10(30-3-4-33-7-14(30)31)1-2-12(11)28-16(32)13(6-27)29(8-17(21,22)23)9-18(24,25)26/h1-2,5,13,15H,3-4,6-9,27H2,(H,28,32)/t13-/m0/s1. The number of amides is 2. The summed E-state index contributed by atoms with van der Waals surface area (Å²) in [5.74, 6) is -1.93. The number of hydrogen-bond donors (Lipinski definition) is 2. The van der Waals surface area contributed by atoms with Crippen molar-refractivity contribution in [2.75, 3.05) is 49.6 Å². The Balaban J connectivity index is 2.30. The maximum Gasteiger partial charge on any atom is 0.401 e. The van der Waals surface area contributed by atoms with E-state index in [0.29, 0.717) is 0 Å². The maximum atomic E-state index is 13.6. The number of hydrogen-bond acceptors (Lipinski definition) is 5. The summed E-state index contributed by atoms with van der Waals surface area (Å²) in [5, 5.41) is 1.93. The van der Waals surface area contributed by atoms with E-state index in [1.165, 1.54) is 6.07 Å². The van der Waals surface area contributed by atoms with Gasteiger partial charge in [-0.1, -0.05) is 0 Å². The second-order valence-corrected chi connectivity index (χ2v) is 7.05. The Morgan fingerprint density at radius 1 is 1.15 bits per heavy atom. The molecule has 1 heterocycles. The van der Waals surface area contributed by atoms with Gasteiger partial charge < -0.3 is 20.7 Å². The first-order valence-corrected chi connectivity index (χ1v) is 9.40. The number of morpholine rings is 1. The van der Waals surface area contributed by atoms with Gasteiger partial charge in [-0.25, -0.2) is 8.78 Å². The molecule has 1 aliphatic heterocycles. The van der Waals surface area contributed by atoms with Crippen LogP contribution in [0.25, 0.3) is 0 Å². The van der Waals surface area contributed by atoms with Crippen LogP contribution in [0.1, 0.15) is 12.0 Å². The average molecular weight is 492 g/mol. The van der Waals surface area contributed by atoms with Crippen molar-refractivity contribution in [3.8, 4) is 0 Å². The largest absolute Gasteiger partial charge is 0.401 e. The van der Waals surface area contributed by atoms with Crippen LogP contribution in [0.5, 0.6) is 0 Å². The molecule has 2 amide bonds. The van der Waals surface area contributed by atoms with E-state index in [-0.39, 0.29) is 30.3 Å². The van der Waals surface area contributed by atoms with Gasteiger partial charge in [0.05, 0.1) is 19.7 Å². The topological polar surface area (TPSA) is 87.9 Å². The lowest BCUT2D eigenvalue weighted by atomic mass is 10.1. The van der Waals surface area contributed by atoms with Gasteiger partial charge in [-0.15, -0.1) is 0 Å². The van der Waals surface area contributed by atoms with Gasteiger partial charge in [0.15, 0.2) is 0 Å². The highest BCUT2D eigenvalue weighted by Crippen LogP contribution is 2.32. The number of anilines is 2. The molecule has 0 aliphatic carbocycles. The molecule has 15 heteroatoms. The molecule has 1 aromatic rings. The lowest BCUT2D eigenvalue weighted by Crippen LogP contribution is -2.54. The zero-order chi connectivity index (χ0) is 25.0. The van der Waals surface area contributed by atoms with E-state index >= 15 is 0 Å². The first kappa shape index (κ1) is 26.7. The lowest BCUT2D eigenvalue weighted by molar-refractivity contribution is -0.186. The van der Waals surface area contributed by atoms with Gasteiger partial charge in [0, 0.05) is 30.0 Å². The summed E-state index contributed by atoms with van der Waals surface area (Å²) in [4.78, 5) is 25.3. The summed E-state index contributed by atoms with van der Waals surface area (Å²) in [5.41, 5.74) is 3.99. The molecule has 0 radical (unpaired) electrons. The van der Waals surface area contributed by atoms with Crippen LogP contribution in [0, 0.1) is 0 Å². The van der Waals surface area contributed by atoms with Crippen LogP contribution in [-0.2, 0) is 14.3 Å². The summed E-state index contributed by atoms with van der Waals surface area (Å²) in [7, 11) is 0. The third-order valence-electron chi connectivity index (χ3n) is 4.56. The van der Waals surface area contributed by atoms with Crippen LogP contribution in [0.15, 0.2) is 18.2 Å². The van der Waals surface area contributed by atoms with Crippen molar-refractivity contribution < 1.29 is 49.4 Å². The van der Waals surface area contributed by atoms with Crippen LogP contribution in [0.2, 0.25) is 0 Å². The smallest absolute Gasteiger partial charge is 0.370 e. The van der Waals surface area contributed by atoms with Gasteiger partial charge in [0.2, 0.25) is 5.91 Å². The van der Waals surface area contributed by atoms with Gasteiger partial charge in [-0.3, -0.25) is 14.5 Å². The number of nitrogens with zero attached hydrogens (tertiary/aromatic N) is 2. The molecule has 186 valence electrons. The van der Waals surface area contributed by atoms with Crippen molar-refractivity contribution in [2.24, 2.45) is 5.73 Å². The highest BCUT2D eigenvalue weighted by Gasteiger charge is 2.42. The Labute approximate surface area is 182 Å². The Kier molecular flexibility index (Phi) is 8.59. The molecule has 2 rings (SSSR count). The number of alkyl halides is 8. The van der Waals surface area contributed by atoms with Crippen LogP contribution < -0.4 is 16.0 Å². The first-order chi connectivity index (χ1) is 15.2. The summed E-state index contributed by atoms with van der Waals surface area (Å²) < 4.78 is 109. The number of carbonyl (C=O) groups is 2. The van der Waals surface area contributed by atoms with Crippen molar-refractivity contribution in [2.45, 2.75) is 24.8 Å². The molecule has 0 unspecified atom stereocenters. The van der Waals surface area contributed by atoms with Crippen molar-refractivity contribution in [1.29, 1.82) is 0 Å². The second-order valence-electron chi connectivity index (χ2n) is 7.05. The molecule has 0 bridgehead atoms. The van der Waals surface area contributed by atoms with E-state index in [2.05, 4.69) is 0 Å². The molecule has 0 spiro atoms. The maximum absolute atomic E-state index is 13.6. The zero-order valence-corrected chi connectivity index (χ0v) is 16.8. The molecule has 1 atom stereocenters. The highest BCUT2D eigenvalue weighted by atomic mass is 19.4. The Bertz CT molecular complexity index is 831. The Morgan fingerprint density at radius 2 is 1.76 bits per heavy atom. The zero-order valence-electron chi connectivity index (χ0n) is 16.8. The first-order valence-electron chi connectivity index (χ1n) is 9.40. The highest BCUT2D eigenvalue weighted by molar-refractivity contribution is 5.97. The normalized spacial score (nSPS) is 16.5. The molecule has 0 aromatic heterocycles. The summed E-state index contributed by atoms with van der Waals surface area (Å²) in [6, 6.07) is 0.956. The number of carbonyl (C=O) groups excluding carboxylic acids is 2. The van der Waals surface area contributed by atoms with Crippen LogP contribution >= 0.6 is 0 Å². The minimum Gasteiger partial charge on any atom is -0.370 e. The number of nitrogens with two attached hydrogens (primary N) is 1. The van der Waals surface area contributed by atoms with Gasteiger partial charge in [0.25, 0.3) is 12.3 Å². The SMILES string of the molecule is NC[C@@H](C(=O)Nc1ccc(N2CCOCC2=O)cc1C(F)F)N(CC(F)(F)F)CC(F)(F)F. The average Bonchev–Trinajstić information content (AvgIpc) is 2.66. The van der Waals surface area contributed by atoms with Gasteiger partial charge in [-0.05, 0) is 18.2 Å². The number of ether oxygens (including phenoxy) is 1. The number of nitrogens with one attached hydrogen (secondary N) is 1. The second kappa shape index (κ2) is 10.6. The van der Waals surface area contributed by atoms with Crippen molar-refractivity contribution >= 4 is 23.2 Å². The molecular formula is C18H20F8N4O3. The lowest BCUT2D eigenvalue weighted by Gasteiger charge is -2.31. The van der Waals surface area contributed by atoms with Gasteiger partial charge >= 0.3 is 12.4 Å². The summed E-state index contributed by atoms with van der Waals surface area (Å²) >= 11 is 0. The van der Waals surface area contributed by atoms with E-state index in [9.17, 15) is 44.7 Å². The van der Waals surface area contributed by atoms with Crippen molar-refractivity contribution in [3.63, 3.8) is 0 Å². The van der Waals surface area contributed by atoms with E-state index in [4.69, 9.17) is 10.5 Å². The van der Waals surface area contributed by atoms with E-state index in [1.54, 1.807) is 0 Å². The fraction of sp³-hybridized carbons (Fsp3) is 0.556. The van der Waals surface area contributed by atoms with Gasteiger partial charge in [-0.2, -0.15) is 26.3 Å². The van der Waals surface area contributed by atoms with E-state index < -0.39 is 67.5 Å². The Morgan fingerprint density at radius 3 is 2.24 bits per heavy atom. The molecule has 1 aromatic carbocycles. The molecule has 3 N–H and O–H groups in total. The monoisotopic (exact) mass is 492 g/mol. The molecule has 1 fully saturated rings. The third kappa shape index (κ3) is 7.78. The third-order valence-corrected chi connectivity index (χ3v) is 4.56. The summed E-state index contributed by atoms with van der Waals surface area (Å²) in [6.07, 6.45) is -13.4. The van der Waals surface area contributed by atoms with Crippen LogP contribution in [-0.4, -0.2) is 74.5 Å². The number of rotatable bonds is 8. The molecule has 0 saturated carbocycles. The predicted molar refractivity (Wildman–Crippen MR) is 99.7 cm³/mol. The summed E-state index contributed by atoms with van der Waals surface area (Å²) in [6.45, 7) is -5.17. The van der Waals surface area contributed by atoms with E-state index in [1.807, 2.05) is 5.32 Å². The molecule has 1 saturated heterocycles. The fourth-order valence-electron chi connectivity index (χ4n) is 3.18. The Hall–Kier alpha value is -2.52.